The van der Waals surface area contributed by atoms with Crippen molar-refractivity contribution in [1.82, 2.24) is 0 Å². The molecule has 2 heterocycles. The average molecular weight is 1080 g/mol. The van der Waals surface area contributed by atoms with Crippen LogP contribution in [0.4, 0.5) is 34.1 Å². The van der Waals surface area contributed by atoms with Crippen LogP contribution in [0.5, 0.6) is 0 Å². The second kappa shape index (κ2) is 17.3. The highest BCUT2D eigenvalue weighted by atomic mass is 15.2. The summed E-state index contributed by atoms with van der Waals surface area (Å²) in [5.41, 5.74) is 29.0. The van der Waals surface area contributed by atoms with E-state index in [0.717, 1.165) is 73.7 Å². The van der Waals surface area contributed by atoms with Crippen LogP contribution in [0.1, 0.15) is 128 Å². The summed E-state index contributed by atoms with van der Waals surface area (Å²) in [7, 11) is 0. The molecule has 0 saturated carbocycles. The summed E-state index contributed by atoms with van der Waals surface area (Å²) >= 11 is 0. The Hall–Kier alpha value is -10.0. The molecular weight excluding hydrogens is 1020 g/mol. The zero-order chi connectivity index (χ0) is 56.4. The van der Waals surface area contributed by atoms with Crippen molar-refractivity contribution in [3.63, 3.8) is 0 Å². The Morgan fingerprint density at radius 3 is 0.976 bits per heavy atom. The van der Waals surface area contributed by atoms with E-state index in [0.29, 0.717) is 30.4 Å². The fourth-order valence-electron chi connectivity index (χ4n) is 17.3. The minimum atomic E-state index is -1.02. The topological polar surface area (TPSA) is 54.1 Å². The third-order valence-electron chi connectivity index (χ3n) is 20.7. The number of hydrogen-bond acceptors (Lipinski definition) is 4. The molecule has 11 aromatic carbocycles. The molecule has 2 spiro atoms. The summed E-state index contributed by atoms with van der Waals surface area (Å²) in [5.74, 6) is 0. The Bertz CT molecular complexity index is 4610. The molecule has 0 aromatic heterocycles. The van der Waals surface area contributed by atoms with Gasteiger partial charge in [-0.1, -0.05) is 210 Å². The summed E-state index contributed by atoms with van der Waals surface area (Å²) < 4.78 is 0. The number of nitriles is 2. The van der Waals surface area contributed by atoms with Crippen LogP contribution >= 0.6 is 0 Å². The zero-order valence-electron chi connectivity index (χ0n) is 47.6. The van der Waals surface area contributed by atoms with Gasteiger partial charge in [-0.15, -0.1) is 0 Å². The Balaban J connectivity index is 1.02. The molecule has 0 bridgehead atoms. The lowest BCUT2D eigenvalue weighted by molar-refractivity contribution is 0.631. The van der Waals surface area contributed by atoms with Gasteiger partial charge in [-0.2, -0.15) is 10.5 Å². The molecule has 4 heteroatoms. The van der Waals surface area contributed by atoms with Gasteiger partial charge in [0.05, 0.1) is 44.7 Å². The van der Waals surface area contributed by atoms with Gasteiger partial charge in [0, 0.05) is 22.2 Å². The number of fused-ring (bicyclic) bond motifs is 23. The number of hydrogen-bond donors (Lipinski definition) is 0. The SMILES string of the molecule is CC1(C)c2ccccc2N(c2ccc3c(c2)C2(c4ccccc4-c4ccccc42)c2c(C#N)c(C#N)c4c(c2CC3)C2(c3cc(N5c6ccccc6C(C)(C)c6ccccc65)ccc3CC4)c3ccccc3-c3ccccc32)c2ccccc21. The standard InChI is InChI=1S/C80H58N4/c1-77(2)65-29-13-17-33-71(65)83(72-34-18-14-30-66(72)77)51-41-37-49-39-43-57-59(47-81)60(48-82)76-58(75(57)79(69(49)45-51)61-25-9-5-21-53(61)54-22-6-10-26-62(54)79)44-40-50-38-42-52(84-73-35-19-15-31-67(73)78(3,4)68-32-16-20-36-74(68)84)46-70(50)80(76)63-27-11-7-23-55(63)56-24-8-12-28-64(56)80/h5-38,41-42,45-46H,39-40,43-44H2,1-4H3. The molecule has 0 unspecified atom stereocenters. The Morgan fingerprint density at radius 2 is 0.619 bits per heavy atom. The van der Waals surface area contributed by atoms with E-state index in [2.05, 4.69) is 280 Å². The highest BCUT2D eigenvalue weighted by molar-refractivity contribution is 5.95. The van der Waals surface area contributed by atoms with Crippen molar-refractivity contribution in [2.75, 3.05) is 9.80 Å². The molecule has 0 atom stereocenters. The van der Waals surface area contributed by atoms with Gasteiger partial charge in [0.15, 0.2) is 0 Å². The predicted octanol–water partition coefficient (Wildman–Crippen LogP) is 18.6. The van der Waals surface area contributed by atoms with E-state index in [1.54, 1.807) is 0 Å². The van der Waals surface area contributed by atoms with Crippen LogP contribution < -0.4 is 9.80 Å². The molecule has 17 rings (SSSR count). The lowest BCUT2D eigenvalue weighted by atomic mass is 9.59. The van der Waals surface area contributed by atoms with Gasteiger partial charge in [-0.25, -0.2) is 0 Å². The van der Waals surface area contributed by atoms with Crippen LogP contribution in [0.25, 0.3) is 22.3 Å². The summed E-state index contributed by atoms with van der Waals surface area (Å²) in [6, 6.07) is 91.9. The number of aryl methyl sites for hydroxylation is 2. The van der Waals surface area contributed by atoms with Gasteiger partial charge in [-0.05, 0) is 185 Å². The highest BCUT2D eigenvalue weighted by Crippen LogP contribution is 2.66. The van der Waals surface area contributed by atoms with E-state index in [-0.39, 0.29) is 10.8 Å². The summed E-state index contributed by atoms with van der Waals surface area (Å²) in [6.45, 7) is 9.39. The Kier molecular flexibility index (Phi) is 10.0. The molecule has 398 valence electrons. The van der Waals surface area contributed by atoms with Crippen LogP contribution in [0.15, 0.2) is 231 Å². The Labute approximate surface area is 491 Å². The van der Waals surface area contributed by atoms with Crippen molar-refractivity contribution in [2.45, 2.75) is 75.0 Å². The molecule has 2 aliphatic heterocycles. The first-order valence-electron chi connectivity index (χ1n) is 29.8. The smallest absolute Gasteiger partial charge is 0.101 e. The first kappa shape index (κ1) is 48.7. The number of benzene rings is 11. The minimum Gasteiger partial charge on any atom is -0.310 e. The molecule has 0 amide bonds. The largest absolute Gasteiger partial charge is 0.310 e. The molecule has 84 heavy (non-hydrogen) atoms. The number of rotatable bonds is 2. The summed E-state index contributed by atoms with van der Waals surface area (Å²) in [4.78, 5) is 4.97. The van der Waals surface area contributed by atoms with Crippen LogP contribution in [-0.2, 0) is 47.3 Å². The third-order valence-corrected chi connectivity index (χ3v) is 20.7. The van der Waals surface area contributed by atoms with Crippen LogP contribution in [0, 0.1) is 22.7 Å². The van der Waals surface area contributed by atoms with E-state index in [9.17, 15) is 10.5 Å². The molecule has 0 saturated heterocycles. The van der Waals surface area contributed by atoms with E-state index in [1.807, 2.05) is 0 Å². The van der Waals surface area contributed by atoms with Gasteiger partial charge < -0.3 is 9.80 Å². The van der Waals surface area contributed by atoms with Crippen molar-refractivity contribution in [1.29, 1.82) is 10.5 Å². The van der Waals surface area contributed by atoms with E-state index in [1.165, 1.54) is 78.1 Å². The fourth-order valence-corrected chi connectivity index (χ4v) is 17.3. The molecule has 11 aromatic rings. The molecule has 0 N–H and O–H groups in total. The zero-order valence-corrected chi connectivity index (χ0v) is 47.6. The van der Waals surface area contributed by atoms with Gasteiger partial charge in [-0.3, -0.25) is 0 Å². The van der Waals surface area contributed by atoms with Crippen LogP contribution in [-0.4, -0.2) is 0 Å². The number of anilines is 6. The second-order valence-corrected chi connectivity index (χ2v) is 25.0. The molecule has 6 aliphatic rings. The first-order chi connectivity index (χ1) is 41.1. The minimum absolute atomic E-state index is 0.228. The van der Waals surface area contributed by atoms with E-state index >= 15 is 0 Å². The normalized spacial score (nSPS) is 16.5. The third kappa shape index (κ3) is 6.00. The van der Waals surface area contributed by atoms with Crippen molar-refractivity contribution < 1.29 is 0 Å². The maximum atomic E-state index is 12.4. The Morgan fingerprint density at radius 1 is 0.310 bits per heavy atom. The van der Waals surface area contributed by atoms with Crippen molar-refractivity contribution in [2.24, 2.45) is 0 Å². The summed E-state index contributed by atoms with van der Waals surface area (Å²) in [6.07, 6.45) is 2.68. The van der Waals surface area contributed by atoms with Gasteiger partial charge in [0.25, 0.3) is 0 Å². The van der Waals surface area contributed by atoms with Crippen molar-refractivity contribution in [3.8, 4) is 34.4 Å². The lowest BCUT2D eigenvalue weighted by Gasteiger charge is -2.44. The van der Waals surface area contributed by atoms with Gasteiger partial charge in [0.1, 0.15) is 12.1 Å². The number of nitrogens with zero attached hydrogens (tertiary/aromatic N) is 4. The monoisotopic (exact) mass is 1070 g/mol. The van der Waals surface area contributed by atoms with Crippen molar-refractivity contribution >= 4 is 34.1 Å². The molecular formula is C80H58N4. The van der Waals surface area contributed by atoms with Crippen molar-refractivity contribution in [3.05, 3.63) is 331 Å². The average Bonchev–Trinajstić information content (AvgIpc) is 1.46. The van der Waals surface area contributed by atoms with Crippen LogP contribution in [0.3, 0.4) is 0 Å². The quantitative estimate of drug-likeness (QED) is 0.173. The van der Waals surface area contributed by atoms with E-state index < -0.39 is 10.8 Å². The molecule has 4 nitrogen and oxygen atoms in total. The lowest BCUT2D eigenvalue weighted by Crippen LogP contribution is -2.36. The van der Waals surface area contributed by atoms with Crippen LogP contribution in [0.2, 0.25) is 0 Å². The summed E-state index contributed by atoms with van der Waals surface area (Å²) in [5, 5.41) is 24.7. The first-order valence-corrected chi connectivity index (χ1v) is 29.8. The molecule has 0 fully saturated rings. The molecule has 0 radical (unpaired) electrons. The fraction of sp³-hybridized carbons (Fsp3) is 0.150. The maximum Gasteiger partial charge on any atom is 0.101 e. The second-order valence-electron chi connectivity index (χ2n) is 25.0. The van der Waals surface area contributed by atoms with Gasteiger partial charge >= 0.3 is 0 Å². The maximum absolute atomic E-state index is 12.4. The molecule has 4 aliphatic carbocycles. The van der Waals surface area contributed by atoms with E-state index in [4.69, 9.17) is 0 Å². The van der Waals surface area contributed by atoms with Gasteiger partial charge in [0.2, 0.25) is 0 Å². The number of para-hydroxylation sites is 4. The highest BCUT2D eigenvalue weighted by Gasteiger charge is 2.57. The predicted molar refractivity (Wildman–Crippen MR) is 339 cm³/mol.